The van der Waals surface area contributed by atoms with Crippen molar-refractivity contribution in [3.8, 4) is 17.6 Å². The van der Waals surface area contributed by atoms with Gasteiger partial charge in [0.25, 0.3) is 0 Å². The van der Waals surface area contributed by atoms with Gasteiger partial charge in [-0.25, -0.2) is 0 Å². The largest absolute Gasteiger partial charge is 0.573 e. The number of hydrogen-bond donors (Lipinski definition) is 2. The van der Waals surface area contributed by atoms with Gasteiger partial charge in [-0.05, 0) is 18.2 Å². The number of alkyl halides is 3. The van der Waals surface area contributed by atoms with Gasteiger partial charge in [0, 0.05) is 18.7 Å². The van der Waals surface area contributed by atoms with Gasteiger partial charge in [-0.3, -0.25) is 0 Å². The molecular formula is C11H11F3N2O. The van der Waals surface area contributed by atoms with E-state index in [-0.39, 0.29) is 11.3 Å². The predicted octanol–water partition coefficient (Wildman–Crippen LogP) is 1.87. The van der Waals surface area contributed by atoms with Crippen molar-refractivity contribution in [3.63, 3.8) is 0 Å². The molecule has 17 heavy (non-hydrogen) atoms. The van der Waals surface area contributed by atoms with Crippen LogP contribution in [0.25, 0.3) is 0 Å². The molecule has 0 unspecified atom stereocenters. The molecule has 1 aromatic rings. The van der Waals surface area contributed by atoms with E-state index in [0.29, 0.717) is 18.7 Å². The Hall–Kier alpha value is -1.87. The molecule has 1 aromatic carbocycles. The number of ether oxygens (including phenoxy) is 1. The molecule has 0 fully saturated rings. The summed E-state index contributed by atoms with van der Waals surface area (Å²) in [6.45, 7) is 0.338. The minimum Gasteiger partial charge on any atom is -0.404 e. The number of halogens is 3. The van der Waals surface area contributed by atoms with Crippen LogP contribution in [-0.4, -0.2) is 12.9 Å². The summed E-state index contributed by atoms with van der Waals surface area (Å²) in [5.74, 6) is 4.80. The molecule has 0 aromatic heterocycles. The van der Waals surface area contributed by atoms with Crippen LogP contribution in [0, 0.1) is 11.8 Å². The van der Waals surface area contributed by atoms with Gasteiger partial charge in [0.05, 0.1) is 5.56 Å². The summed E-state index contributed by atoms with van der Waals surface area (Å²) < 4.78 is 40.1. The van der Waals surface area contributed by atoms with Crippen LogP contribution >= 0.6 is 0 Å². The van der Waals surface area contributed by atoms with Gasteiger partial charge in [0.15, 0.2) is 0 Å². The van der Waals surface area contributed by atoms with Crippen molar-refractivity contribution in [2.75, 3.05) is 12.3 Å². The number of nitrogens with two attached hydrogens (primary N) is 2. The van der Waals surface area contributed by atoms with Crippen LogP contribution in [0.15, 0.2) is 18.2 Å². The summed E-state index contributed by atoms with van der Waals surface area (Å²) in [7, 11) is 0. The standard InChI is InChI=1S/C11H11F3N2O/c12-11(13,14)17-10-5-4-9(16)7-8(10)3-1-2-6-15/h4-5,7H,2,6,15-16H2. The van der Waals surface area contributed by atoms with Crippen LogP contribution in [0.3, 0.4) is 0 Å². The quantitative estimate of drug-likeness (QED) is 0.616. The fourth-order valence-corrected chi connectivity index (χ4v) is 1.09. The maximum Gasteiger partial charge on any atom is 0.573 e. The van der Waals surface area contributed by atoms with Crippen LogP contribution in [0.5, 0.6) is 5.75 Å². The first-order valence-electron chi connectivity index (χ1n) is 4.76. The smallest absolute Gasteiger partial charge is 0.404 e. The zero-order valence-corrected chi connectivity index (χ0v) is 8.84. The Bertz CT molecular complexity index is 446. The van der Waals surface area contributed by atoms with E-state index >= 15 is 0 Å². The molecule has 0 aliphatic rings. The Morgan fingerprint density at radius 2 is 2.00 bits per heavy atom. The van der Waals surface area contributed by atoms with Gasteiger partial charge < -0.3 is 16.2 Å². The first-order valence-corrected chi connectivity index (χ1v) is 4.76. The third-order valence-electron chi connectivity index (χ3n) is 1.72. The van der Waals surface area contributed by atoms with E-state index in [2.05, 4.69) is 16.6 Å². The molecule has 0 heterocycles. The SMILES string of the molecule is NCCC#Cc1cc(N)ccc1OC(F)(F)F. The number of nitrogen functional groups attached to an aromatic ring is 1. The van der Waals surface area contributed by atoms with Crippen molar-refractivity contribution in [3.05, 3.63) is 23.8 Å². The van der Waals surface area contributed by atoms with E-state index in [4.69, 9.17) is 11.5 Å². The lowest BCUT2D eigenvalue weighted by atomic mass is 10.2. The van der Waals surface area contributed by atoms with Gasteiger partial charge in [-0.2, -0.15) is 0 Å². The molecule has 92 valence electrons. The molecule has 0 bridgehead atoms. The van der Waals surface area contributed by atoms with Crippen molar-refractivity contribution in [2.45, 2.75) is 12.8 Å². The van der Waals surface area contributed by atoms with E-state index in [1.807, 2.05) is 0 Å². The first-order chi connectivity index (χ1) is 7.92. The second-order valence-electron chi connectivity index (χ2n) is 3.14. The maximum atomic E-state index is 12.1. The lowest BCUT2D eigenvalue weighted by Gasteiger charge is -2.10. The molecule has 0 amide bonds. The Balaban J connectivity index is 3.01. The number of benzene rings is 1. The van der Waals surface area contributed by atoms with E-state index in [9.17, 15) is 13.2 Å². The van der Waals surface area contributed by atoms with Crippen molar-refractivity contribution >= 4 is 5.69 Å². The molecular weight excluding hydrogens is 233 g/mol. The summed E-state index contributed by atoms with van der Waals surface area (Å²) in [5.41, 5.74) is 11.1. The highest BCUT2D eigenvalue weighted by Crippen LogP contribution is 2.27. The lowest BCUT2D eigenvalue weighted by molar-refractivity contribution is -0.274. The van der Waals surface area contributed by atoms with Gasteiger partial charge in [-0.15, -0.1) is 13.2 Å². The maximum absolute atomic E-state index is 12.1. The molecule has 4 N–H and O–H groups in total. The third-order valence-corrected chi connectivity index (χ3v) is 1.72. The van der Waals surface area contributed by atoms with Crippen molar-refractivity contribution in [1.82, 2.24) is 0 Å². The number of hydrogen-bond acceptors (Lipinski definition) is 3. The predicted molar refractivity (Wildman–Crippen MR) is 58.1 cm³/mol. The van der Waals surface area contributed by atoms with E-state index in [1.165, 1.54) is 12.1 Å². The molecule has 0 atom stereocenters. The highest BCUT2D eigenvalue weighted by molar-refractivity contribution is 5.54. The molecule has 0 aliphatic heterocycles. The molecule has 1 rings (SSSR count). The van der Waals surface area contributed by atoms with Crippen LogP contribution in [0.2, 0.25) is 0 Å². The van der Waals surface area contributed by atoms with Gasteiger partial charge in [-0.1, -0.05) is 11.8 Å². The molecule has 6 heteroatoms. The normalized spacial score (nSPS) is 10.6. The van der Waals surface area contributed by atoms with Gasteiger partial charge >= 0.3 is 6.36 Å². The van der Waals surface area contributed by atoms with Crippen molar-refractivity contribution in [2.24, 2.45) is 5.73 Å². The average molecular weight is 244 g/mol. The second kappa shape index (κ2) is 5.46. The number of rotatable bonds is 2. The highest BCUT2D eigenvalue weighted by Gasteiger charge is 2.31. The molecule has 3 nitrogen and oxygen atoms in total. The van der Waals surface area contributed by atoms with Crippen molar-refractivity contribution in [1.29, 1.82) is 0 Å². The van der Waals surface area contributed by atoms with Crippen LogP contribution in [0.4, 0.5) is 18.9 Å². The van der Waals surface area contributed by atoms with Gasteiger partial charge in [0.1, 0.15) is 5.75 Å². The Kier molecular flexibility index (Phi) is 4.24. The Morgan fingerprint density at radius 1 is 1.29 bits per heavy atom. The van der Waals surface area contributed by atoms with Crippen molar-refractivity contribution < 1.29 is 17.9 Å². The van der Waals surface area contributed by atoms with E-state index in [0.717, 1.165) is 6.07 Å². The summed E-state index contributed by atoms with van der Waals surface area (Å²) in [6.07, 6.45) is -4.36. The minimum atomic E-state index is -4.75. The average Bonchev–Trinajstić information content (AvgIpc) is 2.20. The third kappa shape index (κ3) is 4.66. The summed E-state index contributed by atoms with van der Waals surface area (Å²) in [5, 5.41) is 0. The Labute approximate surface area is 96.5 Å². The zero-order chi connectivity index (χ0) is 12.9. The highest BCUT2D eigenvalue weighted by atomic mass is 19.4. The molecule has 0 saturated heterocycles. The lowest BCUT2D eigenvalue weighted by Crippen LogP contribution is -2.17. The first kappa shape index (κ1) is 13.2. The monoisotopic (exact) mass is 244 g/mol. The van der Waals surface area contributed by atoms with Crippen LogP contribution < -0.4 is 16.2 Å². The topological polar surface area (TPSA) is 61.3 Å². The van der Waals surface area contributed by atoms with Crippen LogP contribution in [-0.2, 0) is 0 Å². The fourth-order valence-electron chi connectivity index (χ4n) is 1.09. The zero-order valence-electron chi connectivity index (χ0n) is 8.84. The molecule has 0 radical (unpaired) electrons. The summed E-state index contributed by atoms with van der Waals surface area (Å²) >= 11 is 0. The fraction of sp³-hybridized carbons (Fsp3) is 0.273. The molecule has 0 aliphatic carbocycles. The molecule has 0 spiro atoms. The summed E-state index contributed by atoms with van der Waals surface area (Å²) in [6, 6.07) is 3.77. The van der Waals surface area contributed by atoms with Gasteiger partial charge in [0.2, 0.25) is 0 Å². The molecule has 0 saturated carbocycles. The second-order valence-corrected chi connectivity index (χ2v) is 3.14. The van der Waals surface area contributed by atoms with E-state index < -0.39 is 6.36 Å². The van der Waals surface area contributed by atoms with E-state index in [1.54, 1.807) is 0 Å². The summed E-state index contributed by atoms with van der Waals surface area (Å²) in [4.78, 5) is 0. The minimum absolute atomic E-state index is 0.0933. The Morgan fingerprint density at radius 3 is 2.59 bits per heavy atom. The number of anilines is 1. The van der Waals surface area contributed by atoms with Crippen LogP contribution in [0.1, 0.15) is 12.0 Å².